The number of benzene rings is 2. The predicted molar refractivity (Wildman–Crippen MR) is 83.9 cm³/mol. The number of nitrogens with one attached hydrogen (secondary N) is 1. The van der Waals surface area contributed by atoms with Crippen molar-refractivity contribution in [3.8, 4) is 11.5 Å². The van der Waals surface area contributed by atoms with Crippen LogP contribution in [-0.4, -0.2) is 16.7 Å². The summed E-state index contributed by atoms with van der Waals surface area (Å²) in [5, 5.41) is 14.0. The summed E-state index contributed by atoms with van der Waals surface area (Å²) in [6.45, 7) is 5.11. The topological polar surface area (TPSA) is 51.0 Å². The Hall–Kier alpha value is -2.20. The zero-order valence-corrected chi connectivity index (χ0v) is 12.3. The smallest absolute Gasteiger partial charge is 0.247 e. The van der Waals surface area contributed by atoms with Crippen LogP contribution < -0.4 is 5.32 Å². The summed E-state index contributed by atoms with van der Waals surface area (Å²) in [6, 6.07) is 14.5. The summed E-state index contributed by atoms with van der Waals surface area (Å²) in [7, 11) is 0. The van der Waals surface area contributed by atoms with E-state index in [4.69, 9.17) is 4.42 Å². The Bertz CT molecular complexity index is 735. The van der Waals surface area contributed by atoms with E-state index in [0.717, 1.165) is 18.5 Å². The maximum atomic E-state index is 5.79. The van der Waals surface area contributed by atoms with Crippen LogP contribution in [0.15, 0.2) is 46.9 Å². The van der Waals surface area contributed by atoms with Gasteiger partial charge in [0, 0.05) is 5.56 Å². The Labute approximate surface area is 124 Å². The molecule has 4 nitrogen and oxygen atoms in total. The predicted octanol–water partition coefficient (Wildman–Crippen LogP) is 3.95. The van der Waals surface area contributed by atoms with Gasteiger partial charge < -0.3 is 9.73 Å². The van der Waals surface area contributed by atoms with E-state index < -0.39 is 0 Å². The molecule has 0 aliphatic carbocycles. The van der Waals surface area contributed by atoms with Crippen molar-refractivity contribution in [2.75, 3.05) is 6.54 Å². The second-order valence-corrected chi connectivity index (χ2v) is 5.18. The van der Waals surface area contributed by atoms with Gasteiger partial charge in [-0.25, -0.2) is 0 Å². The van der Waals surface area contributed by atoms with E-state index in [1.54, 1.807) is 0 Å². The summed E-state index contributed by atoms with van der Waals surface area (Å²) < 4.78 is 5.79. The van der Waals surface area contributed by atoms with Gasteiger partial charge in [-0.15, -0.1) is 10.2 Å². The van der Waals surface area contributed by atoms with E-state index in [2.05, 4.69) is 46.7 Å². The molecule has 0 amide bonds. The third-order valence-electron chi connectivity index (χ3n) is 3.51. The van der Waals surface area contributed by atoms with Crippen molar-refractivity contribution in [3.05, 3.63) is 48.4 Å². The Morgan fingerprint density at radius 1 is 1.10 bits per heavy atom. The first kappa shape index (κ1) is 13.8. The Balaban J connectivity index is 1.87. The minimum absolute atomic E-state index is 0.0756. The lowest BCUT2D eigenvalue weighted by Crippen LogP contribution is -2.19. The van der Waals surface area contributed by atoms with Crippen LogP contribution in [0.25, 0.3) is 22.2 Å². The minimum Gasteiger partial charge on any atom is -0.419 e. The highest BCUT2D eigenvalue weighted by Gasteiger charge is 2.14. The summed E-state index contributed by atoms with van der Waals surface area (Å²) in [5.74, 6) is 1.20. The van der Waals surface area contributed by atoms with Crippen LogP contribution in [0.5, 0.6) is 0 Å². The molecule has 0 radical (unpaired) electrons. The second kappa shape index (κ2) is 6.06. The first-order chi connectivity index (χ1) is 10.3. The highest BCUT2D eigenvalue weighted by atomic mass is 16.4. The van der Waals surface area contributed by atoms with Gasteiger partial charge in [-0.2, -0.15) is 0 Å². The van der Waals surface area contributed by atoms with Crippen LogP contribution >= 0.6 is 0 Å². The molecule has 1 heterocycles. The van der Waals surface area contributed by atoms with Crippen molar-refractivity contribution < 1.29 is 4.42 Å². The number of nitrogens with zero attached hydrogens (tertiary/aromatic N) is 2. The molecule has 1 unspecified atom stereocenters. The average molecular weight is 281 g/mol. The first-order valence-corrected chi connectivity index (χ1v) is 7.34. The molecule has 3 rings (SSSR count). The van der Waals surface area contributed by atoms with Crippen molar-refractivity contribution in [1.29, 1.82) is 0 Å². The Morgan fingerprint density at radius 3 is 2.71 bits per heavy atom. The fraction of sp³-hybridized carbons (Fsp3) is 0.294. The molecule has 3 aromatic rings. The zero-order chi connectivity index (χ0) is 14.7. The maximum absolute atomic E-state index is 5.79. The monoisotopic (exact) mass is 281 g/mol. The molecule has 0 saturated heterocycles. The van der Waals surface area contributed by atoms with E-state index in [0.29, 0.717) is 11.8 Å². The normalized spacial score (nSPS) is 12.7. The second-order valence-electron chi connectivity index (χ2n) is 5.18. The van der Waals surface area contributed by atoms with Crippen LogP contribution in [0.4, 0.5) is 0 Å². The van der Waals surface area contributed by atoms with Crippen molar-refractivity contribution in [2.45, 2.75) is 26.3 Å². The molecule has 0 fully saturated rings. The zero-order valence-electron chi connectivity index (χ0n) is 12.3. The fourth-order valence-corrected chi connectivity index (χ4v) is 2.30. The number of fused-ring (bicyclic) bond motifs is 1. The molecule has 0 bridgehead atoms. The lowest BCUT2D eigenvalue weighted by molar-refractivity contribution is 0.423. The SMILES string of the molecule is CCCNC(C)c1nnc(-c2ccc3ccccc3c2)o1. The van der Waals surface area contributed by atoms with Gasteiger partial charge in [0.25, 0.3) is 0 Å². The van der Waals surface area contributed by atoms with Crippen LogP contribution in [0.2, 0.25) is 0 Å². The number of aromatic nitrogens is 2. The van der Waals surface area contributed by atoms with Gasteiger partial charge in [0.2, 0.25) is 11.8 Å². The fourth-order valence-electron chi connectivity index (χ4n) is 2.30. The Morgan fingerprint density at radius 2 is 1.90 bits per heavy atom. The minimum atomic E-state index is 0.0756. The number of rotatable bonds is 5. The average Bonchev–Trinajstić information content (AvgIpc) is 3.02. The van der Waals surface area contributed by atoms with Gasteiger partial charge in [-0.1, -0.05) is 37.3 Å². The molecule has 1 atom stereocenters. The first-order valence-electron chi connectivity index (χ1n) is 7.34. The quantitative estimate of drug-likeness (QED) is 0.769. The molecule has 4 heteroatoms. The molecule has 108 valence electrons. The summed E-state index contributed by atoms with van der Waals surface area (Å²) in [4.78, 5) is 0. The molecular weight excluding hydrogens is 262 g/mol. The highest BCUT2D eigenvalue weighted by Crippen LogP contribution is 2.24. The summed E-state index contributed by atoms with van der Waals surface area (Å²) in [5.41, 5.74) is 0.954. The van der Waals surface area contributed by atoms with Crippen molar-refractivity contribution >= 4 is 10.8 Å². The number of hydrogen-bond donors (Lipinski definition) is 1. The molecule has 2 aromatic carbocycles. The molecule has 1 aromatic heterocycles. The lowest BCUT2D eigenvalue weighted by Gasteiger charge is -2.07. The van der Waals surface area contributed by atoms with E-state index in [1.165, 1.54) is 10.8 Å². The third kappa shape index (κ3) is 2.95. The molecule has 0 spiro atoms. The molecule has 0 aliphatic heterocycles. The van der Waals surface area contributed by atoms with Crippen molar-refractivity contribution in [1.82, 2.24) is 15.5 Å². The maximum Gasteiger partial charge on any atom is 0.247 e. The largest absolute Gasteiger partial charge is 0.419 e. The van der Waals surface area contributed by atoms with E-state index in [1.807, 2.05) is 25.1 Å². The van der Waals surface area contributed by atoms with Gasteiger partial charge in [0.15, 0.2) is 0 Å². The summed E-state index contributed by atoms with van der Waals surface area (Å²) >= 11 is 0. The highest BCUT2D eigenvalue weighted by molar-refractivity contribution is 5.86. The molecule has 21 heavy (non-hydrogen) atoms. The van der Waals surface area contributed by atoms with Gasteiger partial charge in [-0.05, 0) is 42.8 Å². The van der Waals surface area contributed by atoms with Gasteiger partial charge >= 0.3 is 0 Å². The molecule has 0 saturated carbocycles. The van der Waals surface area contributed by atoms with Crippen molar-refractivity contribution in [3.63, 3.8) is 0 Å². The molecular formula is C17H19N3O. The number of hydrogen-bond acceptors (Lipinski definition) is 4. The molecule has 0 aliphatic rings. The molecule has 1 N–H and O–H groups in total. The third-order valence-corrected chi connectivity index (χ3v) is 3.51. The van der Waals surface area contributed by atoms with Crippen molar-refractivity contribution in [2.24, 2.45) is 0 Å². The van der Waals surface area contributed by atoms with E-state index in [9.17, 15) is 0 Å². The van der Waals surface area contributed by atoms with E-state index >= 15 is 0 Å². The summed E-state index contributed by atoms with van der Waals surface area (Å²) in [6.07, 6.45) is 1.08. The Kier molecular flexibility index (Phi) is 3.97. The van der Waals surface area contributed by atoms with Crippen LogP contribution in [0, 0.1) is 0 Å². The van der Waals surface area contributed by atoms with E-state index in [-0.39, 0.29) is 6.04 Å². The standard InChI is InChI=1S/C17H19N3O/c1-3-10-18-12(2)16-19-20-17(21-16)15-9-8-13-6-4-5-7-14(13)11-15/h4-9,11-12,18H,3,10H2,1-2H3. The van der Waals surface area contributed by atoms with Crippen LogP contribution in [0.3, 0.4) is 0 Å². The van der Waals surface area contributed by atoms with Gasteiger partial charge in [0.1, 0.15) is 0 Å². The lowest BCUT2D eigenvalue weighted by atomic mass is 10.1. The van der Waals surface area contributed by atoms with Gasteiger partial charge in [0.05, 0.1) is 6.04 Å². The van der Waals surface area contributed by atoms with Crippen LogP contribution in [0.1, 0.15) is 32.2 Å². The van der Waals surface area contributed by atoms with Gasteiger partial charge in [-0.3, -0.25) is 0 Å². The van der Waals surface area contributed by atoms with Crippen LogP contribution in [-0.2, 0) is 0 Å².